The van der Waals surface area contributed by atoms with Gasteiger partial charge in [0.05, 0.1) is 5.75 Å². The molecule has 0 aromatic heterocycles. The monoisotopic (exact) mass is 377 g/mol. The van der Waals surface area contributed by atoms with Crippen LogP contribution < -0.4 is 4.74 Å². The van der Waals surface area contributed by atoms with E-state index in [-0.39, 0.29) is 22.7 Å². The molecule has 6 heteroatoms. The number of amides is 1. The quantitative estimate of drug-likeness (QED) is 0.686. The highest BCUT2D eigenvalue weighted by Gasteiger charge is 2.47. The van der Waals surface area contributed by atoms with Crippen LogP contribution in [0.5, 0.6) is 5.75 Å². The molecule has 1 amide bonds. The number of benzene rings is 1. The van der Waals surface area contributed by atoms with E-state index in [9.17, 15) is 13.2 Å². The number of hydrogen-bond acceptors (Lipinski definition) is 4. The lowest BCUT2D eigenvalue weighted by molar-refractivity contribution is -0.127. The fourth-order valence-electron chi connectivity index (χ4n) is 3.84. The molecule has 1 aliphatic heterocycles. The molecule has 2 aliphatic rings. The Hall–Kier alpha value is -1.82. The van der Waals surface area contributed by atoms with Crippen molar-refractivity contribution < 1.29 is 17.9 Å². The van der Waals surface area contributed by atoms with Crippen LogP contribution in [0.25, 0.3) is 0 Å². The molecule has 0 unspecified atom stereocenters. The second-order valence-corrected chi connectivity index (χ2v) is 10.6. The minimum atomic E-state index is -3.08. The molecule has 1 saturated carbocycles. The van der Waals surface area contributed by atoms with E-state index in [0.717, 1.165) is 36.1 Å². The maximum Gasteiger partial charge on any atom is 0.246 e. The Morgan fingerprint density at radius 3 is 2.62 bits per heavy atom. The van der Waals surface area contributed by atoms with Gasteiger partial charge in [-0.1, -0.05) is 24.8 Å². The number of fused-ring (bicyclic) bond motifs is 1. The van der Waals surface area contributed by atoms with Crippen molar-refractivity contribution in [3.8, 4) is 5.75 Å². The van der Waals surface area contributed by atoms with Crippen LogP contribution in [0.15, 0.2) is 30.9 Å². The van der Waals surface area contributed by atoms with Crippen molar-refractivity contribution >= 4 is 15.7 Å². The highest BCUT2D eigenvalue weighted by atomic mass is 32.2. The molecule has 26 heavy (non-hydrogen) atoms. The molecule has 1 fully saturated rings. The van der Waals surface area contributed by atoms with Crippen LogP contribution in [0.1, 0.15) is 37.8 Å². The average Bonchev–Trinajstić information content (AvgIpc) is 3.16. The molecule has 1 aromatic carbocycles. The van der Waals surface area contributed by atoms with Crippen molar-refractivity contribution in [1.29, 1.82) is 0 Å². The van der Waals surface area contributed by atoms with Gasteiger partial charge < -0.3 is 9.64 Å². The van der Waals surface area contributed by atoms with Gasteiger partial charge in [-0.25, -0.2) is 8.42 Å². The number of carbonyl (C=O) groups is 1. The molecule has 0 saturated heterocycles. The summed E-state index contributed by atoms with van der Waals surface area (Å²) in [7, 11) is -3.08. The first-order valence-corrected chi connectivity index (χ1v) is 11.0. The Morgan fingerprint density at radius 2 is 2.04 bits per heavy atom. The van der Waals surface area contributed by atoms with Gasteiger partial charge in [0.2, 0.25) is 5.91 Å². The number of rotatable bonds is 7. The third-order valence-electron chi connectivity index (χ3n) is 5.07. The smallest absolute Gasteiger partial charge is 0.246 e. The average molecular weight is 378 g/mol. The van der Waals surface area contributed by atoms with Crippen molar-refractivity contribution in [3.05, 3.63) is 42.0 Å². The number of para-hydroxylation sites is 1. The van der Waals surface area contributed by atoms with Crippen LogP contribution >= 0.6 is 0 Å². The summed E-state index contributed by atoms with van der Waals surface area (Å²) in [5.74, 6) is 0.795. The Labute approximate surface area is 155 Å². The zero-order chi connectivity index (χ0) is 19.2. The maximum atomic E-state index is 12.4. The van der Waals surface area contributed by atoms with Crippen LogP contribution in [0.3, 0.4) is 0 Å². The molecule has 0 bridgehead atoms. The van der Waals surface area contributed by atoms with E-state index in [0.29, 0.717) is 13.1 Å². The minimum absolute atomic E-state index is 0.122. The number of ether oxygens (including phenoxy) is 1. The largest absolute Gasteiger partial charge is 0.487 e. The number of sulfone groups is 1. The predicted molar refractivity (Wildman–Crippen MR) is 102 cm³/mol. The summed E-state index contributed by atoms with van der Waals surface area (Å²) in [6, 6.07) is 6.01. The maximum absolute atomic E-state index is 12.4. The molecular formula is C20H27NO4S. The zero-order valence-corrected chi connectivity index (χ0v) is 16.6. The molecule has 5 nitrogen and oxygen atoms in total. The van der Waals surface area contributed by atoms with Crippen LogP contribution in [0.4, 0.5) is 0 Å². The Kier molecular flexibility index (Phi) is 4.67. The van der Waals surface area contributed by atoms with E-state index in [4.69, 9.17) is 4.74 Å². The van der Waals surface area contributed by atoms with Crippen molar-refractivity contribution in [2.45, 2.75) is 45.3 Å². The highest BCUT2D eigenvalue weighted by Crippen LogP contribution is 2.48. The lowest BCUT2D eigenvalue weighted by atomic mass is 10.00. The SMILES string of the molecule is C=CC(=O)N(Cc1cccc2c1OC(C)(C)C2)CC1(CS(C)(=O)=O)CC1. The zero-order valence-electron chi connectivity index (χ0n) is 15.7. The topological polar surface area (TPSA) is 63.7 Å². The van der Waals surface area contributed by atoms with Gasteiger partial charge in [0.25, 0.3) is 0 Å². The van der Waals surface area contributed by atoms with Gasteiger partial charge in [0, 0.05) is 36.7 Å². The van der Waals surface area contributed by atoms with E-state index >= 15 is 0 Å². The van der Waals surface area contributed by atoms with Crippen molar-refractivity contribution in [1.82, 2.24) is 4.90 Å². The summed E-state index contributed by atoms with van der Waals surface area (Å²) in [5.41, 5.74) is 1.54. The fraction of sp³-hybridized carbons (Fsp3) is 0.550. The molecular weight excluding hydrogens is 350 g/mol. The van der Waals surface area contributed by atoms with Gasteiger partial charge in [-0.3, -0.25) is 4.79 Å². The molecule has 3 rings (SSSR count). The second-order valence-electron chi connectivity index (χ2n) is 8.41. The molecule has 0 N–H and O–H groups in total. The third-order valence-corrected chi connectivity index (χ3v) is 6.21. The van der Waals surface area contributed by atoms with E-state index in [1.165, 1.54) is 12.3 Å². The van der Waals surface area contributed by atoms with E-state index in [1.54, 1.807) is 4.90 Å². The summed E-state index contributed by atoms with van der Waals surface area (Å²) in [4.78, 5) is 14.1. The van der Waals surface area contributed by atoms with Crippen molar-refractivity contribution in [2.75, 3.05) is 18.6 Å². The standard InChI is InChI=1S/C20H27NO4S/c1-5-17(22)21(13-20(9-10-20)14-26(4,23)24)12-16-8-6-7-15-11-19(2,3)25-18(15)16/h5-8H,1,9-14H2,2-4H3. The number of hydrogen-bond donors (Lipinski definition) is 0. The van der Waals surface area contributed by atoms with Crippen molar-refractivity contribution in [2.24, 2.45) is 5.41 Å². The third kappa shape index (κ3) is 4.29. The first-order valence-electron chi connectivity index (χ1n) is 8.91. The van der Waals surface area contributed by atoms with E-state index in [2.05, 4.69) is 26.5 Å². The molecule has 0 atom stereocenters. The van der Waals surface area contributed by atoms with Crippen LogP contribution in [0, 0.1) is 5.41 Å². The fourth-order valence-corrected chi connectivity index (χ4v) is 5.33. The van der Waals surface area contributed by atoms with Gasteiger partial charge in [0.1, 0.15) is 21.2 Å². The summed E-state index contributed by atoms with van der Waals surface area (Å²) >= 11 is 0. The van der Waals surface area contributed by atoms with Gasteiger partial charge in [-0.2, -0.15) is 0 Å². The predicted octanol–water partition coefficient (Wildman–Crippen LogP) is 2.74. The molecule has 142 valence electrons. The molecule has 1 heterocycles. The summed E-state index contributed by atoms with van der Waals surface area (Å²) in [6.45, 7) is 8.53. The van der Waals surface area contributed by atoms with Gasteiger partial charge >= 0.3 is 0 Å². The van der Waals surface area contributed by atoms with E-state index < -0.39 is 9.84 Å². The Bertz CT molecular complexity index is 837. The molecule has 0 radical (unpaired) electrons. The Morgan fingerprint density at radius 1 is 1.35 bits per heavy atom. The van der Waals surface area contributed by atoms with Crippen LogP contribution in [0.2, 0.25) is 0 Å². The first-order chi connectivity index (χ1) is 12.0. The first kappa shape index (κ1) is 19.0. The molecule has 0 spiro atoms. The second kappa shape index (κ2) is 6.41. The van der Waals surface area contributed by atoms with Crippen molar-refractivity contribution in [3.63, 3.8) is 0 Å². The molecule has 1 aliphatic carbocycles. The summed E-state index contributed by atoms with van der Waals surface area (Å²) in [5, 5.41) is 0. The number of nitrogens with zero attached hydrogens (tertiary/aromatic N) is 1. The summed E-state index contributed by atoms with van der Waals surface area (Å²) < 4.78 is 29.6. The van der Waals surface area contributed by atoms with Gasteiger partial charge in [-0.05, 0) is 38.3 Å². The highest BCUT2D eigenvalue weighted by molar-refractivity contribution is 7.90. The van der Waals surface area contributed by atoms with Crippen LogP contribution in [-0.2, 0) is 27.6 Å². The lowest BCUT2D eigenvalue weighted by Gasteiger charge is -2.27. The Balaban J connectivity index is 1.83. The lowest BCUT2D eigenvalue weighted by Crippen LogP contribution is -2.37. The number of carbonyl (C=O) groups excluding carboxylic acids is 1. The van der Waals surface area contributed by atoms with E-state index in [1.807, 2.05) is 12.1 Å². The molecule has 1 aromatic rings. The van der Waals surface area contributed by atoms with Gasteiger partial charge in [-0.15, -0.1) is 0 Å². The minimum Gasteiger partial charge on any atom is -0.487 e. The summed E-state index contributed by atoms with van der Waals surface area (Å²) in [6.07, 6.45) is 5.05. The van der Waals surface area contributed by atoms with Crippen LogP contribution in [-0.4, -0.2) is 43.4 Å². The normalized spacial score (nSPS) is 19.3. The van der Waals surface area contributed by atoms with Gasteiger partial charge in [0.15, 0.2) is 0 Å².